The summed E-state index contributed by atoms with van der Waals surface area (Å²) in [6.07, 6.45) is 0.339. The summed E-state index contributed by atoms with van der Waals surface area (Å²) in [6, 6.07) is 5.31. The van der Waals surface area contributed by atoms with Crippen molar-refractivity contribution in [1.82, 2.24) is 9.97 Å². The van der Waals surface area contributed by atoms with E-state index >= 15 is 0 Å². The van der Waals surface area contributed by atoms with Gasteiger partial charge in [0.1, 0.15) is 11.6 Å². The Balaban J connectivity index is 2.04. The van der Waals surface area contributed by atoms with E-state index in [1.165, 1.54) is 24.1 Å². The van der Waals surface area contributed by atoms with Crippen LogP contribution in [0, 0.1) is 23.5 Å². The van der Waals surface area contributed by atoms with Crippen LogP contribution in [0.3, 0.4) is 0 Å². The number of hydrogen-bond donors (Lipinski definition) is 0. The third-order valence-corrected chi connectivity index (χ3v) is 3.86. The highest BCUT2D eigenvalue weighted by molar-refractivity contribution is 5.88. The number of rotatable bonds is 3. The molecule has 2 nitrogen and oxygen atoms in total. The minimum Gasteiger partial charge on any atom is -0.236 e. The van der Waals surface area contributed by atoms with E-state index in [0.29, 0.717) is 11.4 Å². The Morgan fingerprint density at radius 1 is 1.04 bits per heavy atom. The molecule has 27 heavy (non-hydrogen) atoms. The van der Waals surface area contributed by atoms with Crippen molar-refractivity contribution in [3.05, 3.63) is 59.4 Å². The van der Waals surface area contributed by atoms with Gasteiger partial charge in [0.25, 0.3) is 0 Å². The molecule has 1 heterocycles. The lowest BCUT2D eigenvalue weighted by Crippen LogP contribution is -2.02. The molecule has 0 radical (unpaired) electrons. The summed E-state index contributed by atoms with van der Waals surface area (Å²) in [5, 5.41) is 0.149. The predicted molar refractivity (Wildman–Crippen MR) is 91.8 cm³/mol. The van der Waals surface area contributed by atoms with Crippen molar-refractivity contribution in [2.75, 3.05) is 0 Å². The van der Waals surface area contributed by atoms with Crippen molar-refractivity contribution in [2.24, 2.45) is 0 Å². The minimum atomic E-state index is -4.83. The summed E-state index contributed by atoms with van der Waals surface area (Å²) in [5.41, 5.74) is 0.609. The average molecular weight is 376 g/mol. The van der Waals surface area contributed by atoms with Crippen molar-refractivity contribution in [3.63, 3.8) is 0 Å². The molecule has 7 heteroatoms. The fourth-order valence-corrected chi connectivity index (χ4v) is 2.64. The lowest BCUT2D eigenvalue weighted by Gasteiger charge is -2.07. The highest BCUT2D eigenvalue weighted by atomic mass is 19.4. The molecule has 138 valence electrons. The van der Waals surface area contributed by atoms with E-state index in [2.05, 4.69) is 9.97 Å². The summed E-state index contributed by atoms with van der Waals surface area (Å²) in [6.45, 7) is 2.04. The molecular formula is C20H13F5N2. The first-order chi connectivity index (χ1) is 12.8. The standard InChI is InChI=1S/C20H13F5N2/c1-2-3-12-10-26-19(27-11-12)13-4-5-15-14(8-13)9-17(21)16(18(15)22)6-7-20(23,24)25/h4-5,8-11H,2-3H2,1H3. The predicted octanol–water partition coefficient (Wildman–Crippen LogP) is 5.44. The zero-order chi connectivity index (χ0) is 19.6. The zero-order valence-electron chi connectivity index (χ0n) is 14.2. The number of aryl methyl sites for hydroxylation is 1. The highest BCUT2D eigenvalue weighted by Gasteiger charge is 2.24. The molecule has 2 aromatic carbocycles. The number of benzene rings is 2. The number of aromatic nitrogens is 2. The number of alkyl halides is 3. The lowest BCUT2D eigenvalue weighted by atomic mass is 10.0. The Kier molecular flexibility index (Phi) is 5.08. The van der Waals surface area contributed by atoms with Gasteiger partial charge in [-0.25, -0.2) is 18.7 Å². The second-order valence-corrected chi connectivity index (χ2v) is 5.90. The Hall–Kier alpha value is -3.01. The zero-order valence-corrected chi connectivity index (χ0v) is 14.2. The molecule has 0 fully saturated rings. The molecule has 1 aromatic heterocycles. The quantitative estimate of drug-likeness (QED) is 0.449. The molecule has 0 N–H and O–H groups in total. The molecule has 3 aromatic rings. The lowest BCUT2D eigenvalue weighted by molar-refractivity contribution is -0.0696. The minimum absolute atomic E-state index is 0.0331. The van der Waals surface area contributed by atoms with Crippen molar-refractivity contribution < 1.29 is 22.0 Å². The Bertz CT molecular complexity index is 1040. The smallest absolute Gasteiger partial charge is 0.236 e. The number of hydrogen-bond acceptors (Lipinski definition) is 2. The summed E-state index contributed by atoms with van der Waals surface area (Å²) >= 11 is 0. The molecular weight excluding hydrogens is 363 g/mol. The maximum absolute atomic E-state index is 14.4. The second-order valence-electron chi connectivity index (χ2n) is 5.90. The molecule has 0 aliphatic carbocycles. The first-order valence-corrected chi connectivity index (χ1v) is 8.11. The average Bonchev–Trinajstić information content (AvgIpc) is 2.61. The fourth-order valence-electron chi connectivity index (χ4n) is 2.64. The summed E-state index contributed by atoms with van der Waals surface area (Å²) in [5.74, 6) is 0.512. The first-order valence-electron chi connectivity index (χ1n) is 8.11. The van der Waals surface area contributed by atoms with Gasteiger partial charge in [0.2, 0.25) is 0 Å². The third-order valence-electron chi connectivity index (χ3n) is 3.86. The Morgan fingerprint density at radius 2 is 1.74 bits per heavy atom. The van der Waals surface area contributed by atoms with Gasteiger partial charge in [-0.15, -0.1) is 0 Å². The number of nitrogens with zero attached hydrogens (tertiary/aromatic N) is 2. The van der Waals surface area contributed by atoms with Crippen LogP contribution in [0.25, 0.3) is 22.2 Å². The van der Waals surface area contributed by atoms with Crippen LogP contribution in [0.15, 0.2) is 36.7 Å². The molecule has 0 bridgehead atoms. The van der Waals surface area contributed by atoms with Gasteiger partial charge in [-0.3, -0.25) is 0 Å². The van der Waals surface area contributed by atoms with Gasteiger partial charge >= 0.3 is 6.18 Å². The van der Waals surface area contributed by atoms with E-state index in [-0.39, 0.29) is 10.8 Å². The van der Waals surface area contributed by atoms with Crippen LogP contribution >= 0.6 is 0 Å². The van der Waals surface area contributed by atoms with Crippen LogP contribution in [0.5, 0.6) is 0 Å². The molecule has 3 rings (SSSR count). The van der Waals surface area contributed by atoms with Gasteiger partial charge in [-0.1, -0.05) is 31.4 Å². The molecule has 0 aliphatic heterocycles. The molecule has 0 amide bonds. The van der Waals surface area contributed by atoms with E-state index < -0.39 is 23.4 Å². The van der Waals surface area contributed by atoms with Crippen LogP contribution in [0.4, 0.5) is 22.0 Å². The van der Waals surface area contributed by atoms with Crippen molar-refractivity contribution in [1.29, 1.82) is 0 Å². The largest absolute Gasteiger partial charge is 0.458 e. The summed E-state index contributed by atoms with van der Waals surface area (Å²) in [7, 11) is 0. The van der Waals surface area contributed by atoms with E-state index in [4.69, 9.17) is 0 Å². The van der Waals surface area contributed by atoms with Crippen LogP contribution in [0.2, 0.25) is 0 Å². The molecule has 0 saturated heterocycles. The first kappa shape index (κ1) is 18.8. The van der Waals surface area contributed by atoms with Gasteiger partial charge in [-0.05, 0) is 29.5 Å². The van der Waals surface area contributed by atoms with Gasteiger partial charge in [0.15, 0.2) is 5.82 Å². The van der Waals surface area contributed by atoms with Crippen molar-refractivity contribution >= 4 is 10.8 Å². The summed E-state index contributed by atoms with van der Waals surface area (Å²) in [4.78, 5) is 8.49. The van der Waals surface area contributed by atoms with Crippen LogP contribution < -0.4 is 0 Å². The fraction of sp³-hybridized carbons (Fsp3) is 0.200. The molecule has 0 saturated carbocycles. The SMILES string of the molecule is CCCc1cnc(-c2ccc3c(F)c(C#CC(F)(F)F)c(F)cc3c2)nc1. The number of halogens is 5. The maximum Gasteiger partial charge on any atom is 0.458 e. The second kappa shape index (κ2) is 7.31. The Labute approximate surface area is 152 Å². The van der Waals surface area contributed by atoms with Gasteiger partial charge in [-0.2, -0.15) is 13.2 Å². The molecule has 0 unspecified atom stereocenters. The number of fused-ring (bicyclic) bond motifs is 1. The molecule has 0 aliphatic rings. The van der Waals surface area contributed by atoms with E-state index in [1.807, 2.05) is 6.92 Å². The van der Waals surface area contributed by atoms with Gasteiger partial charge in [0.05, 0.1) is 5.56 Å². The van der Waals surface area contributed by atoms with E-state index in [0.717, 1.165) is 30.4 Å². The van der Waals surface area contributed by atoms with Crippen molar-refractivity contribution in [2.45, 2.75) is 25.9 Å². The van der Waals surface area contributed by atoms with Crippen LogP contribution in [0.1, 0.15) is 24.5 Å². The van der Waals surface area contributed by atoms with Crippen LogP contribution in [-0.2, 0) is 6.42 Å². The molecule has 0 atom stereocenters. The van der Waals surface area contributed by atoms with Gasteiger partial charge in [0, 0.05) is 29.3 Å². The van der Waals surface area contributed by atoms with E-state index in [1.54, 1.807) is 12.4 Å². The van der Waals surface area contributed by atoms with Crippen molar-refractivity contribution in [3.8, 4) is 23.2 Å². The normalized spacial score (nSPS) is 11.3. The van der Waals surface area contributed by atoms with Crippen LogP contribution in [-0.4, -0.2) is 16.1 Å². The van der Waals surface area contributed by atoms with Gasteiger partial charge < -0.3 is 0 Å². The third kappa shape index (κ3) is 4.22. The highest BCUT2D eigenvalue weighted by Crippen LogP contribution is 2.28. The van der Waals surface area contributed by atoms with E-state index in [9.17, 15) is 22.0 Å². The summed E-state index contributed by atoms with van der Waals surface area (Å²) < 4.78 is 65.1. The topological polar surface area (TPSA) is 25.8 Å². The monoisotopic (exact) mass is 376 g/mol. The molecule has 0 spiro atoms. The Morgan fingerprint density at radius 3 is 2.37 bits per heavy atom. The maximum atomic E-state index is 14.4.